The van der Waals surface area contributed by atoms with Gasteiger partial charge in [-0.2, -0.15) is 0 Å². The van der Waals surface area contributed by atoms with E-state index in [-0.39, 0.29) is 18.7 Å². The molecule has 4 aliphatic carbocycles. The molecule has 4 aliphatic rings. The average molecular weight is 280 g/mol. The molecule has 0 aliphatic heterocycles. The molecule has 1 atom stereocenters. The summed E-state index contributed by atoms with van der Waals surface area (Å²) in [6.45, 7) is 2.87. The molecule has 2 amide bonds. The molecule has 20 heavy (non-hydrogen) atoms. The average Bonchev–Trinajstić information content (AvgIpc) is 2.37. The molecule has 4 heteroatoms. The number of rotatable bonds is 5. The number of carbonyl (C=O) groups excluding carboxylic acids is 1. The first-order valence-electron chi connectivity index (χ1n) is 8.26. The van der Waals surface area contributed by atoms with Crippen molar-refractivity contribution < 1.29 is 9.90 Å². The minimum atomic E-state index is -0.0679. The van der Waals surface area contributed by atoms with Crippen LogP contribution in [0.15, 0.2) is 0 Å². The van der Waals surface area contributed by atoms with E-state index in [1.165, 1.54) is 38.5 Å². The number of hydrogen-bond acceptors (Lipinski definition) is 2. The van der Waals surface area contributed by atoms with Crippen LogP contribution in [0.4, 0.5) is 4.79 Å². The lowest BCUT2D eigenvalue weighted by Crippen LogP contribution is -2.57. The Bertz CT molecular complexity index is 334. The quantitative estimate of drug-likeness (QED) is 0.677. The molecule has 0 radical (unpaired) electrons. The van der Waals surface area contributed by atoms with Crippen LogP contribution in [0.1, 0.15) is 51.9 Å². The second-order valence-corrected chi connectivity index (χ2v) is 7.48. The highest BCUT2D eigenvalue weighted by molar-refractivity contribution is 5.74. The van der Waals surface area contributed by atoms with Gasteiger partial charge in [-0.1, -0.05) is 0 Å². The standard InChI is InChI=1S/C16H28N2O2/c1-11(18-15(20)17-3-2-4-19)16-8-12-5-13(9-16)7-14(6-12)10-16/h11-14,19H,2-10H2,1H3,(H2,17,18,20). The first-order chi connectivity index (χ1) is 9.61. The molecular formula is C16H28N2O2. The number of urea groups is 1. The summed E-state index contributed by atoms with van der Waals surface area (Å²) in [4.78, 5) is 11.9. The van der Waals surface area contributed by atoms with E-state index in [0.29, 0.717) is 18.4 Å². The Kier molecular flexibility index (Phi) is 3.93. The molecule has 4 bridgehead atoms. The van der Waals surface area contributed by atoms with Crippen molar-refractivity contribution in [1.29, 1.82) is 0 Å². The molecular weight excluding hydrogens is 252 g/mol. The maximum Gasteiger partial charge on any atom is 0.315 e. The fourth-order valence-electron chi connectivity index (χ4n) is 5.39. The lowest BCUT2D eigenvalue weighted by atomic mass is 9.48. The summed E-state index contributed by atoms with van der Waals surface area (Å²) >= 11 is 0. The number of aliphatic hydroxyl groups excluding tert-OH is 1. The number of hydrogen-bond donors (Lipinski definition) is 3. The Hall–Kier alpha value is -0.770. The molecule has 4 rings (SSSR count). The van der Waals surface area contributed by atoms with Crippen LogP contribution in [0.25, 0.3) is 0 Å². The molecule has 0 heterocycles. The second-order valence-electron chi connectivity index (χ2n) is 7.48. The zero-order chi connectivity index (χ0) is 14.2. The topological polar surface area (TPSA) is 61.4 Å². The molecule has 3 N–H and O–H groups in total. The predicted molar refractivity (Wildman–Crippen MR) is 78.3 cm³/mol. The van der Waals surface area contributed by atoms with E-state index in [4.69, 9.17) is 5.11 Å². The van der Waals surface area contributed by atoms with Crippen molar-refractivity contribution in [3.63, 3.8) is 0 Å². The van der Waals surface area contributed by atoms with Crippen molar-refractivity contribution in [2.75, 3.05) is 13.2 Å². The van der Waals surface area contributed by atoms with Crippen LogP contribution in [-0.2, 0) is 0 Å². The molecule has 4 saturated carbocycles. The monoisotopic (exact) mass is 280 g/mol. The van der Waals surface area contributed by atoms with E-state index in [9.17, 15) is 4.79 Å². The molecule has 0 aromatic carbocycles. The Balaban J connectivity index is 1.56. The largest absolute Gasteiger partial charge is 0.396 e. The van der Waals surface area contributed by atoms with E-state index in [0.717, 1.165) is 17.8 Å². The maximum absolute atomic E-state index is 11.9. The zero-order valence-corrected chi connectivity index (χ0v) is 12.5. The van der Waals surface area contributed by atoms with Crippen molar-refractivity contribution >= 4 is 6.03 Å². The van der Waals surface area contributed by atoms with Gasteiger partial charge in [0.2, 0.25) is 0 Å². The molecule has 0 aromatic rings. The Morgan fingerprint density at radius 1 is 1.20 bits per heavy atom. The van der Waals surface area contributed by atoms with Gasteiger partial charge in [0, 0.05) is 19.2 Å². The summed E-state index contributed by atoms with van der Waals surface area (Å²) < 4.78 is 0. The summed E-state index contributed by atoms with van der Waals surface area (Å²) in [6.07, 6.45) is 8.89. The number of nitrogens with one attached hydrogen (secondary N) is 2. The molecule has 4 nitrogen and oxygen atoms in total. The Morgan fingerprint density at radius 3 is 2.25 bits per heavy atom. The Labute approximate surface area is 121 Å². The highest BCUT2D eigenvalue weighted by atomic mass is 16.3. The lowest BCUT2D eigenvalue weighted by molar-refractivity contribution is -0.0682. The summed E-state index contributed by atoms with van der Waals surface area (Å²) in [5.74, 6) is 2.76. The van der Waals surface area contributed by atoms with Crippen molar-refractivity contribution in [1.82, 2.24) is 10.6 Å². The van der Waals surface area contributed by atoms with Crippen LogP contribution in [0.3, 0.4) is 0 Å². The van der Waals surface area contributed by atoms with Crippen molar-refractivity contribution in [2.24, 2.45) is 23.2 Å². The van der Waals surface area contributed by atoms with Gasteiger partial charge >= 0.3 is 6.03 Å². The van der Waals surface area contributed by atoms with Crippen LogP contribution in [0, 0.1) is 23.2 Å². The molecule has 1 unspecified atom stereocenters. The summed E-state index contributed by atoms with van der Waals surface area (Å²) in [5.41, 5.74) is 0.364. The van der Waals surface area contributed by atoms with Gasteiger partial charge in [-0.25, -0.2) is 4.79 Å². The molecule has 4 fully saturated rings. The minimum Gasteiger partial charge on any atom is -0.396 e. The molecule has 0 saturated heterocycles. The van der Waals surface area contributed by atoms with Gasteiger partial charge in [-0.05, 0) is 75.0 Å². The second kappa shape index (κ2) is 5.55. The van der Waals surface area contributed by atoms with Gasteiger partial charge in [0.25, 0.3) is 0 Å². The minimum absolute atomic E-state index is 0.0679. The van der Waals surface area contributed by atoms with Crippen molar-refractivity contribution in [3.05, 3.63) is 0 Å². The van der Waals surface area contributed by atoms with E-state index >= 15 is 0 Å². The normalized spacial score (nSPS) is 39.6. The van der Waals surface area contributed by atoms with Crippen LogP contribution < -0.4 is 10.6 Å². The first kappa shape index (κ1) is 14.2. The lowest BCUT2D eigenvalue weighted by Gasteiger charge is -2.59. The first-order valence-corrected chi connectivity index (χ1v) is 8.26. The molecule has 114 valence electrons. The summed E-state index contributed by atoms with van der Waals surface area (Å²) in [5, 5.41) is 14.7. The SMILES string of the molecule is CC(NC(=O)NCCCO)C12CC3CC(CC(C3)C1)C2. The van der Waals surface area contributed by atoms with Crippen LogP contribution >= 0.6 is 0 Å². The smallest absolute Gasteiger partial charge is 0.315 e. The fraction of sp³-hybridized carbons (Fsp3) is 0.938. The van der Waals surface area contributed by atoms with Gasteiger partial charge in [0.15, 0.2) is 0 Å². The highest BCUT2D eigenvalue weighted by Gasteiger charge is 2.53. The summed E-state index contributed by atoms with van der Waals surface area (Å²) in [6, 6.07) is 0.201. The van der Waals surface area contributed by atoms with Gasteiger partial charge in [0.1, 0.15) is 0 Å². The summed E-state index contributed by atoms with van der Waals surface area (Å²) in [7, 11) is 0. The van der Waals surface area contributed by atoms with Crippen molar-refractivity contribution in [3.8, 4) is 0 Å². The van der Waals surface area contributed by atoms with Gasteiger partial charge in [-0.15, -0.1) is 0 Å². The third kappa shape index (κ3) is 2.67. The van der Waals surface area contributed by atoms with Crippen LogP contribution in [-0.4, -0.2) is 30.3 Å². The van der Waals surface area contributed by atoms with Crippen LogP contribution in [0.5, 0.6) is 0 Å². The third-order valence-electron chi connectivity index (χ3n) is 5.97. The van der Waals surface area contributed by atoms with E-state index < -0.39 is 0 Å². The number of carbonyl (C=O) groups is 1. The van der Waals surface area contributed by atoms with Crippen LogP contribution in [0.2, 0.25) is 0 Å². The van der Waals surface area contributed by atoms with Crippen molar-refractivity contribution in [2.45, 2.75) is 57.9 Å². The van der Waals surface area contributed by atoms with Gasteiger partial charge < -0.3 is 15.7 Å². The van der Waals surface area contributed by atoms with E-state index in [1.807, 2.05) is 0 Å². The van der Waals surface area contributed by atoms with E-state index in [2.05, 4.69) is 17.6 Å². The third-order valence-corrected chi connectivity index (χ3v) is 5.97. The van der Waals surface area contributed by atoms with Gasteiger partial charge in [-0.3, -0.25) is 0 Å². The highest BCUT2D eigenvalue weighted by Crippen LogP contribution is 2.61. The van der Waals surface area contributed by atoms with Gasteiger partial charge in [0.05, 0.1) is 0 Å². The molecule has 0 spiro atoms. The maximum atomic E-state index is 11.9. The van der Waals surface area contributed by atoms with E-state index in [1.54, 1.807) is 0 Å². The Morgan fingerprint density at radius 2 is 1.75 bits per heavy atom. The zero-order valence-electron chi connectivity index (χ0n) is 12.5. The fourth-order valence-corrected chi connectivity index (χ4v) is 5.39. The molecule has 0 aromatic heterocycles. The number of amides is 2. The predicted octanol–water partition coefficient (Wildman–Crippen LogP) is 2.27. The number of aliphatic hydroxyl groups is 1.